The van der Waals surface area contributed by atoms with Crippen LogP contribution >= 0.6 is 38.9 Å². The Morgan fingerprint density at radius 2 is 2.35 bits per heavy atom. The average molecular weight is 334 g/mol. The number of nitrogens with zero attached hydrogens (tertiary/aromatic N) is 1. The van der Waals surface area contributed by atoms with E-state index in [1.54, 1.807) is 13.3 Å². The Morgan fingerprint density at radius 3 is 3.00 bits per heavy atom. The van der Waals surface area contributed by atoms with Crippen molar-refractivity contribution < 1.29 is 4.74 Å². The van der Waals surface area contributed by atoms with Gasteiger partial charge in [-0.15, -0.1) is 11.3 Å². The van der Waals surface area contributed by atoms with Gasteiger partial charge in [-0.1, -0.05) is 11.6 Å². The first-order valence-corrected chi connectivity index (χ1v) is 6.85. The zero-order valence-electron chi connectivity index (χ0n) is 9.04. The summed E-state index contributed by atoms with van der Waals surface area (Å²) in [6.07, 6.45) is 1.66. The fraction of sp³-hybridized carbons (Fsp3) is 0.182. The SMILES string of the molecule is COc1cc(NCc2ncc(Cl)s2)ccc1Br. The maximum atomic E-state index is 5.81. The molecule has 2 rings (SSSR count). The van der Waals surface area contributed by atoms with E-state index in [1.165, 1.54) is 11.3 Å². The molecule has 0 bridgehead atoms. The third-order valence-corrected chi connectivity index (χ3v) is 3.89. The maximum Gasteiger partial charge on any atom is 0.135 e. The minimum atomic E-state index is 0.655. The molecule has 1 N–H and O–H groups in total. The van der Waals surface area contributed by atoms with Crippen molar-refractivity contribution in [2.45, 2.75) is 6.54 Å². The minimum Gasteiger partial charge on any atom is -0.495 e. The predicted molar refractivity (Wildman–Crippen MR) is 75.1 cm³/mol. The van der Waals surface area contributed by atoms with E-state index in [2.05, 4.69) is 26.2 Å². The molecule has 1 aromatic heterocycles. The van der Waals surface area contributed by atoms with Crippen LogP contribution in [0.5, 0.6) is 5.75 Å². The molecule has 17 heavy (non-hydrogen) atoms. The van der Waals surface area contributed by atoms with Crippen LogP contribution in [0.4, 0.5) is 5.69 Å². The first-order chi connectivity index (χ1) is 8.19. The van der Waals surface area contributed by atoms with Gasteiger partial charge in [0.2, 0.25) is 0 Å². The van der Waals surface area contributed by atoms with E-state index in [-0.39, 0.29) is 0 Å². The Balaban J connectivity index is 2.04. The lowest BCUT2D eigenvalue weighted by molar-refractivity contribution is 0.412. The summed E-state index contributed by atoms with van der Waals surface area (Å²) in [5.74, 6) is 0.798. The Hall–Kier alpha value is -0.780. The fourth-order valence-corrected chi connectivity index (χ4v) is 2.62. The Kier molecular flexibility index (Phi) is 4.25. The van der Waals surface area contributed by atoms with Crippen molar-refractivity contribution in [2.75, 3.05) is 12.4 Å². The lowest BCUT2D eigenvalue weighted by Gasteiger charge is -2.08. The van der Waals surface area contributed by atoms with Crippen LogP contribution in [0.1, 0.15) is 5.01 Å². The van der Waals surface area contributed by atoms with Gasteiger partial charge in [0.05, 0.1) is 24.3 Å². The van der Waals surface area contributed by atoms with Gasteiger partial charge in [0, 0.05) is 11.8 Å². The second-order valence-corrected chi connectivity index (χ2v) is 5.86. The molecule has 0 amide bonds. The van der Waals surface area contributed by atoms with Crippen LogP contribution in [-0.2, 0) is 6.54 Å². The third-order valence-electron chi connectivity index (χ3n) is 2.12. The number of hydrogen-bond acceptors (Lipinski definition) is 4. The van der Waals surface area contributed by atoms with Crippen LogP contribution in [0.25, 0.3) is 0 Å². The molecule has 0 fully saturated rings. The summed E-state index contributed by atoms with van der Waals surface area (Å²) in [5, 5.41) is 4.22. The highest BCUT2D eigenvalue weighted by atomic mass is 79.9. The van der Waals surface area contributed by atoms with Gasteiger partial charge in [-0.3, -0.25) is 0 Å². The summed E-state index contributed by atoms with van der Waals surface area (Å²) in [4.78, 5) is 4.17. The predicted octanol–water partition coefficient (Wildman–Crippen LogP) is 4.18. The molecule has 0 radical (unpaired) electrons. The van der Waals surface area contributed by atoms with Gasteiger partial charge in [0.1, 0.15) is 15.1 Å². The average Bonchev–Trinajstić information content (AvgIpc) is 2.74. The third kappa shape index (κ3) is 3.34. The fourth-order valence-electron chi connectivity index (χ4n) is 1.32. The highest BCUT2D eigenvalue weighted by Gasteiger charge is 2.03. The highest BCUT2D eigenvalue weighted by Crippen LogP contribution is 2.28. The van der Waals surface area contributed by atoms with E-state index < -0.39 is 0 Å². The number of aromatic nitrogens is 1. The van der Waals surface area contributed by atoms with Gasteiger partial charge >= 0.3 is 0 Å². The number of methoxy groups -OCH3 is 1. The summed E-state index contributed by atoms with van der Waals surface area (Å²) >= 11 is 10.7. The zero-order chi connectivity index (χ0) is 12.3. The smallest absolute Gasteiger partial charge is 0.135 e. The standard InChI is InChI=1S/C11H10BrClN2OS/c1-16-9-4-7(2-3-8(9)12)14-6-11-15-5-10(13)17-11/h2-5,14H,6H2,1H3. The van der Waals surface area contributed by atoms with E-state index >= 15 is 0 Å². The van der Waals surface area contributed by atoms with Gasteiger partial charge < -0.3 is 10.1 Å². The molecular weight excluding hydrogens is 324 g/mol. The topological polar surface area (TPSA) is 34.1 Å². The van der Waals surface area contributed by atoms with Gasteiger partial charge in [0.15, 0.2) is 0 Å². The number of nitrogens with one attached hydrogen (secondary N) is 1. The van der Waals surface area contributed by atoms with E-state index in [4.69, 9.17) is 16.3 Å². The first-order valence-electron chi connectivity index (χ1n) is 4.86. The molecule has 0 saturated carbocycles. The van der Waals surface area contributed by atoms with Crippen molar-refractivity contribution in [1.82, 2.24) is 4.98 Å². The van der Waals surface area contributed by atoms with Gasteiger partial charge in [-0.05, 0) is 28.1 Å². The zero-order valence-corrected chi connectivity index (χ0v) is 12.2. The molecule has 2 aromatic rings. The molecule has 0 aliphatic rings. The summed E-state index contributed by atoms with van der Waals surface area (Å²) in [6, 6.07) is 5.84. The number of halogens is 2. The summed E-state index contributed by atoms with van der Waals surface area (Å²) in [7, 11) is 1.64. The molecule has 1 heterocycles. The quantitative estimate of drug-likeness (QED) is 0.911. The largest absolute Gasteiger partial charge is 0.495 e. The molecular formula is C11H10BrClN2OS. The number of anilines is 1. The van der Waals surface area contributed by atoms with E-state index in [9.17, 15) is 0 Å². The van der Waals surface area contributed by atoms with Crippen molar-refractivity contribution in [3.63, 3.8) is 0 Å². The molecule has 6 heteroatoms. The molecule has 3 nitrogen and oxygen atoms in total. The van der Waals surface area contributed by atoms with Crippen molar-refractivity contribution in [1.29, 1.82) is 0 Å². The number of thiazole rings is 1. The molecule has 0 unspecified atom stereocenters. The van der Waals surface area contributed by atoms with Crippen molar-refractivity contribution in [3.8, 4) is 5.75 Å². The second-order valence-electron chi connectivity index (χ2n) is 3.26. The van der Waals surface area contributed by atoms with Crippen LogP contribution in [0.3, 0.4) is 0 Å². The van der Waals surface area contributed by atoms with Crippen LogP contribution in [0.2, 0.25) is 4.34 Å². The van der Waals surface area contributed by atoms with Gasteiger partial charge in [-0.25, -0.2) is 4.98 Å². The Morgan fingerprint density at radius 1 is 1.53 bits per heavy atom. The van der Waals surface area contributed by atoms with Crippen molar-refractivity contribution in [3.05, 3.63) is 38.2 Å². The number of ether oxygens (including phenoxy) is 1. The molecule has 0 atom stereocenters. The molecule has 0 spiro atoms. The first kappa shape index (κ1) is 12.7. The summed E-state index contributed by atoms with van der Waals surface area (Å²) in [5.41, 5.74) is 0.983. The lowest BCUT2D eigenvalue weighted by Crippen LogP contribution is -1.99. The summed E-state index contributed by atoms with van der Waals surface area (Å²) in [6.45, 7) is 0.655. The van der Waals surface area contributed by atoms with Gasteiger partial charge in [0.25, 0.3) is 0 Å². The van der Waals surface area contributed by atoms with Crippen LogP contribution < -0.4 is 10.1 Å². The van der Waals surface area contributed by atoms with Crippen molar-refractivity contribution in [2.24, 2.45) is 0 Å². The van der Waals surface area contributed by atoms with Crippen LogP contribution in [0, 0.1) is 0 Å². The second kappa shape index (κ2) is 5.71. The normalized spacial score (nSPS) is 10.3. The number of rotatable bonds is 4. The van der Waals surface area contributed by atoms with Crippen LogP contribution in [-0.4, -0.2) is 12.1 Å². The van der Waals surface area contributed by atoms with E-state index in [0.29, 0.717) is 10.9 Å². The Labute approximate surface area is 117 Å². The maximum absolute atomic E-state index is 5.81. The number of benzene rings is 1. The van der Waals surface area contributed by atoms with Crippen molar-refractivity contribution >= 4 is 44.6 Å². The number of hydrogen-bond donors (Lipinski definition) is 1. The highest BCUT2D eigenvalue weighted by molar-refractivity contribution is 9.10. The van der Waals surface area contributed by atoms with E-state index in [0.717, 1.165) is 20.9 Å². The van der Waals surface area contributed by atoms with E-state index in [1.807, 2.05) is 18.2 Å². The Bertz CT molecular complexity index is 518. The monoisotopic (exact) mass is 332 g/mol. The molecule has 0 saturated heterocycles. The van der Waals surface area contributed by atoms with Gasteiger partial charge in [-0.2, -0.15) is 0 Å². The molecule has 0 aliphatic carbocycles. The summed E-state index contributed by atoms with van der Waals surface area (Å²) < 4.78 is 6.86. The molecule has 90 valence electrons. The molecule has 0 aliphatic heterocycles. The lowest BCUT2D eigenvalue weighted by atomic mass is 10.3. The van der Waals surface area contributed by atoms with Crippen LogP contribution in [0.15, 0.2) is 28.9 Å². The minimum absolute atomic E-state index is 0.655. The molecule has 1 aromatic carbocycles.